The number of carbonyl (C=O) groups is 1. The van der Waals surface area contributed by atoms with Gasteiger partial charge in [-0.2, -0.15) is 0 Å². The van der Waals surface area contributed by atoms with Crippen LogP contribution in [-0.2, 0) is 6.42 Å². The molecule has 0 heterocycles. The number of rotatable bonds is 4. The van der Waals surface area contributed by atoms with Gasteiger partial charge in [0, 0.05) is 21.1 Å². The Kier molecular flexibility index (Phi) is 4.52. The van der Waals surface area contributed by atoms with E-state index in [1.807, 2.05) is 46.9 Å². The second-order valence-corrected chi connectivity index (χ2v) is 5.20. The third kappa shape index (κ3) is 3.32. The molecule has 0 fully saturated rings. The first-order valence-corrected chi connectivity index (χ1v) is 6.80. The van der Waals surface area contributed by atoms with E-state index < -0.39 is 0 Å². The maximum atomic E-state index is 13.0. The largest absolute Gasteiger partial charge is 0.496 e. The number of benzene rings is 2. The number of para-hydroxylation sites is 1. The summed E-state index contributed by atoms with van der Waals surface area (Å²) < 4.78 is 18.9. The standard InChI is InChI=1S/C15H12FIO2/c1-19-15-5-3-2-4-10(15)8-14(18)12-7-6-11(16)9-13(12)17/h2-7,9H,8H2,1H3. The van der Waals surface area contributed by atoms with E-state index in [0.29, 0.717) is 14.9 Å². The quantitative estimate of drug-likeness (QED) is 0.604. The first-order chi connectivity index (χ1) is 9.11. The molecule has 2 nitrogen and oxygen atoms in total. The number of hydrogen-bond donors (Lipinski definition) is 0. The molecule has 0 aliphatic heterocycles. The van der Waals surface area contributed by atoms with E-state index in [9.17, 15) is 9.18 Å². The molecule has 0 saturated carbocycles. The van der Waals surface area contributed by atoms with Crippen molar-refractivity contribution in [2.75, 3.05) is 7.11 Å². The SMILES string of the molecule is COc1ccccc1CC(=O)c1ccc(F)cc1I. The second kappa shape index (κ2) is 6.14. The molecule has 0 bridgehead atoms. The van der Waals surface area contributed by atoms with E-state index in [4.69, 9.17) is 4.74 Å². The Balaban J connectivity index is 2.26. The lowest BCUT2D eigenvalue weighted by atomic mass is 10.0. The summed E-state index contributed by atoms with van der Waals surface area (Å²) in [6, 6.07) is 11.6. The first kappa shape index (κ1) is 14.0. The fourth-order valence-electron chi connectivity index (χ4n) is 1.83. The van der Waals surface area contributed by atoms with Crippen LogP contribution in [0.2, 0.25) is 0 Å². The Morgan fingerprint density at radius 1 is 1.26 bits per heavy atom. The van der Waals surface area contributed by atoms with Crippen LogP contribution >= 0.6 is 22.6 Å². The molecule has 4 heteroatoms. The van der Waals surface area contributed by atoms with E-state index in [1.54, 1.807) is 7.11 Å². The minimum Gasteiger partial charge on any atom is -0.496 e. The lowest BCUT2D eigenvalue weighted by Crippen LogP contribution is -2.07. The van der Waals surface area contributed by atoms with Crippen LogP contribution in [0, 0.1) is 9.39 Å². The maximum absolute atomic E-state index is 13.0. The Morgan fingerprint density at radius 2 is 2.00 bits per heavy atom. The predicted octanol–water partition coefficient (Wildman–Crippen LogP) is 3.86. The molecule has 0 aliphatic carbocycles. The summed E-state index contributed by atoms with van der Waals surface area (Å²) in [6.45, 7) is 0. The Hall–Kier alpha value is -1.43. The number of hydrogen-bond acceptors (Lipinski definition) is 2. The van der Waals surface area contributed by atoms with Gasteiger partial charge in [-0.15, -0.1) is 0 Å². The summed E-state index contributed by atoms with van der Waals surface area (Å²) in [5.74, 6) is 0.306. The molecule has 0 aliphatic rings. The van der Waals surface area contributed by atoms with Gasteiger partial charge < -0.3 is 4.74 Å². The number of Topliss-reactive ketones (excluding diaryl/α,β-unsaturated/α-hetero) is 1. The van der Waals surface area contributed by atoms with Gasteiger partial charge in [-0.1, -0.05) is 18.2 Å². The van der Waals surface area contributed by atoms with Crippen molar-refractivity contribution in [3.05, 3.63) is 63.0 Å². The molecule has 0 saturated heterocycles. The molecule has 0 spiro atoms. The highest BCUT2D eigenvalue weighted by Gasteiger charge is 2.13. The summed E-state index contributed by atoms with van der Waals surface area (Å²) in [5, 5.41) is 0. The van der Waals surface area contributed by atoms with E-state index in [-0.39, 0.29) is 18.0 Å². The van der Waals surface area contributed by atoms with Crippen LogP contribution in [-0.4, -0.2) is 12.9 Å². The van der Waals surface area contributed by atoms with Crippen molar-refractivity contribution in [1.29, 1.82) is 0 Å². The van der Waals surface area contributed by atoms with Gasteiger partial charge in [0.1, 0.15) is 11.6 Å². The van der Waals surface area contributed by atoms with Gasteiger partial charge in [0.25, 0.3) is 0 Å². The second-order valence-electron chi connectivity index (χ2n) is 4.04. The summed E-state index contributed by atoms with van der Waals surface area (Å²) in [6.07, 6.45) is 0.242. The van der Waals surface area contributed by atoms with Crippen LogP contribution in [0.15, 0.2) is 42.5 Å². The molecule has 98 valence electrons. The monoisotopic (exact) mass is 370 g/mol. The van der Waals surface area contributed by atoms with Crippen molar-refractivity contribution in [2.24, 2.45) is 0 Å². The minimum atomic E-state index is -0.335. The molecule has 19 heavy (non-hydrogen) atoms. The number of ketones is 1. The van der Waals surface area contributed by atoms with Crippen molar-refractivity contribution in [1.82, 2.24) is 0 Å². The smallest absolute Gasteiger partial charge is 0.168 e. The molecule has 0 unspecified atom stereocenters. The molecule has 2 rings (SSSR count). The Bertz CT molecular complexity index is 611. The molecular weight excluding hydrogens is 358 g/mol. The molecule has 2 aromatic rings. The first-order valence-electron chi connectivity index (χ1n) is 5.72. The normalized spacial score (nSPS) is 10.3. The van der Waals surface area contributed by atoms with Crippen molar-refractivity contribution in [2.45, 2.75) is 6.42 Å². The lowest BCUT2D eigenvalue weighted by Gasteiger charge is -2.08. The fourth-order valence-corrected chi connectivity index (χ4v) is 2.61. The highest BCUT2D eigenvalue weighted by Crippen LogP contribution is 2.21. The van der Waals surface area contributed by atoms with Crippen LogP contribution in [0.3, 0.4) is 0 Å². The summed E-state index contributed by atoms with van der Waals surface area (Å²) in [5.41, 5.74) is 1.36. The minimum absolute atomic E-state index is 0.0473. The van der Waals surface area contributed by atoms with Crippen molar-refractivity contribution in [3.8, 4) is 5.75 Å². The van der Waals surface area contributed by atoms with Crippen LogP contribution in [0.1, 0.15) is 15.9 Å². The lowest BCUT2D eigenvalue weighted by molar-refractivity contribution is 0.0991. The molecule has 0 atom stereocenters. The molecule has 0 aromatic heterocycles. The number of carbonyl (C=O) groups excluding carboxylic acids is 1. The summed E-state index contributed by atoms with van der Waals surface area (Å²) >= 11 is 1.97. The Morgan fingerprint density at radius 3 is 2.68 bits per heavy atom. The van der Waals surface area contributed by atoms with Gasteiger partial charge in [0.05, 0.1) is 7.11 Å². The highest BCUT2D eigenvalue weighted by atomic mass is 127. The number of methoxy groups -OCH3 is 1. The molecule has 2 aromatic carbocycles. The maximum Gasteiger partial charge on any atom is 0.168 e. The van der Waals surface area contributed by atoms with Crippen molar-refractivity contribution < 1.29 is 13.9 Å². The van der Waals surface area contributed by atoms with E-state index >= 15 is 0 Å². The number of halogens is 2. The van der Waals surface area contributed by atoms with E-state index in [2.05, 4.69) is 0 Å². The van der Waals surface area contributed by atoms with Crippen LogP contribution in [0.4, 0.5) is 4.39 Å². The predicted molar refractivity (Wildman–Crippen MR) is 80.1 cm³/mol. The molecular formula is C15H12FIO2. The third-order valence-corrected chi connectivity index (χ3v) is 3.67. The zero-order chi connectivity index (χ0) is 13.8. The van der Waals surface area contributed by atoms with Crippen molar-refractivity contribution in [3.63, 3.8) is 0 Å². The third-order valence-electron chi connectivity index (χ3n) is 2.78. The van der Waals surface area contributed by atoms with Gasteiger partial charge in [-0.25, -0.2) is 4.39 Å². The summed E-state index contributed by atoms with van der Waals surface area (Å²) in [4.78, 5) is 12.2. The van der Waals surface area contributed by atoms with Gasteiger partial charge in [-0.05, 0) is 46.9 Å². The summed E-state index contributed by atoms with van der Waals surface area (Å²) in [7, 11) is 1.57. The van der Waals surface area contributed by atoms with Gasteiger partial charge in [-0.3, -0.25) is 4.79 Å². The van der Waals surface area contributed by atoms with Crippen LogP contribution in [0.25, 0.3) is 0 Å². The Labute approximate surface area is 124 Å². The van der Waals surface area contributed by atoms with Crippen LogP contribution in [0.5, 0.6) is 5.75 Å². The highest BCUT2D eigenvalue weighted by molar-refractivity contribution is 14.1. The average molecular weight is 370 g/mol. The zero-order valence-electron chi connectivity index (χ0n) is 10.3. The van der Waals surface area contributed by atoms with Crippen LogP contribution < -0.4 is 4.74 Å². The van der Waals surface area contributed by atoms with Crippen molar-refractivity contribution >= 4 is 28.4 Å². The van der Waals surface area contributed by atoms with Gasteiger partial charge >= 0.3 is 0 Å². The van der Waals surface area contributed by atoms with E-state index in [1.165, 1.54) is 18.2 Å². The molecule has 0 amide bonds. The molecule has 0 N–H and O–H groups in total. The average Bonchev–Trinajstić information content (AvgIpc) is 2.39. The van der Waals surface area contributed by atoms with Gasteiger partial charge in [0.15, 0.2) is 5.78 Å². The topological polar surface area (TPSA) is 26.3 Å². The molecule has 0 radical (unpaired) electrons. The van der Waals surface area contributed by atoms with E-state index in [0.717, 1.165) is 5.56 Å². The fraction of sp³-hybridized carbons (Fsp3) is 0.133. The zero-order valence-corrected chi connectivity index (χ0v) is 12.5. The van der Waals surface area contributed by atoms with Gasteiger partial charge in [0.2, 0.25) is 0 Å². The number of ether oxygens (including phenoxy) is 1.